The zero-order chi connectivity index (χ0) is 13.9. The van der Waals surface area contributed by atoms with E-state index in [4.69, 9.17) is 9.47 Å². The smallest absolute Gasteiger partial charge is 0.158 e. The lowest BCUT2D eigenvalue weighted by Crippen LogP contribution is -2.42. The minimum absolute atomic E-state index is 0.0175. The Morgan fingerprint density at radius 1 is 1.28 bits per heavy atom. The Labute approximate surface area is 114 Å². The summed E-state index contributed by atoms with van der Waals surface area (Å²) < 4.78 is 12.3. The van der Waals surface area contributed by atoms with Gasteiger partial charge in [-0.2, -0.15) is 0 Å². The molecule has 4 unspecified atom stereocenters. The molecule has 1 aliphatic rings. The molecule has 0 aromatic rings. The summed E-state index contributed by atoms with van der Waals surface area (Å²) in [6.07, 6.45) is 2.49. The Morgan fingerprint density at radius 2 is 1.89 bits per heavy atom. The topological polar surface area (TPSA) is 18.5 Å². The van der Waals surface area contributed by atoms with E-state index >= 15 is 0 Å². The molecule has 1 heterocycles. The summed E-state index contributed by atoms with van der Waals surface area (Å²) in [5, 5.41) is 0. The Hall–Kier alpha value is -0.0151. The van der Waals surface area contributed by atoms with Crippen LogP contribution in [-0.4, -0.2) is 32.1 Å². The fourth-order valence-corrected chi connectivity index (χ4v) is 3.92. The minimum atomic E-state index is 0.0175. The summed E-state index contributed by atoms with van der Waals surface area (Å²) in [5.74, 6) is 1.78. The summed E-state index contributed by atoms with van der Waals surface area (Å²) in [5.41, 5.74) is 0.0175. The SMILES string of the molecule is CBC1OC(CC)(CC(C)C)C(C(C)C)C1OC. The number of hydrogen-bond donors (Lipinski definition) is 0. The molecule has 0 spiro atoms. The zero-order valence-electron chi connectivity index (χ0n) is 13.3. The number of rotatable bonds is 6. The highest BCUT2D eigenvalue weighted by Crippen LogP contribution is 2.47. The van der Waals surface area contributed by atoms with Gasteiger partial charge in [0.05, 0.1) is 17.7 Å². The molecular weight excluding hydrogens is 223 g/mol. The molecule has 0 radical (unpaired) electrons. The third-order valence-electron chi connectivity index (χ3n) is 4.46. The average molecular weight is 254 g/mol. The van der Waals surface area contributed by atoms with Crippen LogP contribution in [0.15, 0.2) is 0 Å². The van der Waals surface area contributed by atoms with Crippen LogP contribution in [0.2, 0.25) is 6.82 Å². The van der Waals surface area contributed by atoms with Crippen molar-refractivity contribution >= 4 is 7.28 Å². The van der Waals surface area contributed by atoms with Crippen LogP contribution in [-0.2, 0) is 9.47 Å². The second kappa shape index (κ2) is 6.43. The fourth-order valence-electron chi connectivity index (χ4n) is 3.92. The number of ether oxygens (including phenoxy) is 2. The van der Waals surface area contributed by atoms with Crippen LogP contribution in [0, 0.1) is 17.8 Å². The van der Waals surface area contributed by atoms with Gasteiger partial charge in [0.1, 0.15) is 0 Å². The Bertz CT molecular complexity index is 255. The van der Waals surface area contributed by atoms with Crippen molar-refractivity contribution in [3.63, 3.8) is 0 Å². The molecule has 1 rings (SSSR count). The van der Waals surface area contributed by atoms with Gasteiger partial charge in [-0.15, -0.1) is 0 Å². The van der Waals surface area contributed by atoms with Crippen LogP contribution in [0.4, 0.5) is 0 Å². The zero-order valence-corrected chi connectivity index (χ0v) is 13.3. The molecule has 0 aromatic heterocycles. The number of methoxy groups -OCH3 is 1. The highest BCUT2D eigenvalue weighted by Gasteiger charge is 2.54. The van der Waals surface area contributed by atoms with E-state index in [1.807, 2.05) is 7.11 Å². The van der Waals surface area contributed by atoms with E-state index in [0.717, 1.165) is 20.1 Å². The van der Waals surface area contributed by atoms with Gasteiger partial charge in [-0.3, -0.25) is 0 Å². The van der Waals surface area contributed by atoms with E-state index in [-0.39, 0.29) is 17.7 Å². The van der Waals surface area contributed by atoms with E-state index in [1.165, 1.54) is 0 Å². The first kappa shape index (κ1) is 16.0. The second-order valence-corrected chi connectivity index (χ2v) is 6.55. The van der Waals surface area contributed by atoms with E-state index in [0.29, 0.717) is 17.8 Å². The molecule has 1 fully saturated rings. The summed E-state index contributed by atoms with van der Waals surface area (Å²) >= 11 is 0. The van der Waals surface area contributed by atoms with Crippen molar-refractivity contribution < 1.29 is 9.47 Å². The molecule has 106 valence electrons. The molecule has 2 nitrogen and oxygen atoms in total. The Kier molecular flexibility index (Phi) is 5.73. The van der Waals surface area contributed by atoms with Gasteiger partial charge < -0.3 is 9.47 Å². The summed E-state index contributed by atoms with van der Waals surface area (Å²) in [4.78, 5) is 0. The predicted molar refractivity (Wildman–Crippen MR) is 79.5 cm³/mol. The summed E-state index contributed by atoms with van der Waals surface area (Å²) in [7, 11) is 2.88. The predicted octanol–water partition coefficient (Wildman–Crippen LogP) is 3.31. The molecule has 0 N–H and O–H groups in total. The molecular formula is C15H31BO2. The molecule has 0 aliphatic carbocycles. The molecule has 0 saturated carbocycles. The highest BCUT2D eigenvalue weighted by atomic mass is 16.6. The van der Waals surface area contributed by atoms with Crippen molar-refractivity contribution in [3.8, 4) is 0 Å². The first-order chi connectivity index (χ1) is 8.41. The molecule has 3 heteroatoms. The van der Waals surface area contributed by atoms with Crippen LogP contribution in [0.3, 0.4) is 0 Å². The molecule has 1 aliphatic heterocycles. The minimum Gasteiger partial charge on any atom is -0.379 e. The van der Waals surface area contributed by atoms with Crippen molar-refractivity contribution in [2.75, 3.05) is 7.11 Å². The monoisotopic (exact) mass is 254 g/mol. The van der Waals surface area contributed by atoms with Gasteiger partial charge in [-0.1, -0.05) is 41.4 Å². The summed E-state index contributed by atoms with van der Waals surface area (Å²) in [6, 6.07) is 0.265. The number of hydrogen-bond acceptors (Lipinski definition) is 2. The molecule has 0 aromatic carbocycles. The van der Waals surface area contributed by atoms with E-state index in [2.05, 4.69) is 41.4 Å². The van der Waals surface area contributed by atoms with Crippen LogP contribution >= 0.6 is 0 Å². The molecule has 1 saturated heterocycles. The van der Waals surface area contributed by atoms with Crippen LogP contribution in [0.25, 0.3) is 0 Å². The van der Waals surface area contributed by atoms with Crippen molar-refractivity contribution in [1.29, 1.82) is 0 Å². The van der Waals surface area contributed by atoms with E-state index in [9.17, 15) is 0 Å². The third kappa shape index (κ3) is 2.93. The molecule has 0 amide bonds. The first-order valence-corrected chi connectivity index (χ1v) is 7.62. The maximum absolute atomic E-state index is 6.51. The van der Waals surface area contributed by atoms with Gasteiger partial charge in [0, 0.05) is 13.0 Å². The molecule has 0 bridgehead atoms. The highest BCUT2D eigenvalue weighted by molar-refractivity contribution is 6.35. The molecule has 4 atom stereocenters. The maximum atomic E-state index is 6.51. The molecule has 18 heavy (non-hydrogen) atoms. The fraction of sp³-hybridized carbons (Fsp3) is 1.00. The average Bonchev–Trinajstić information content (AvgIpc) is 2.62. The Morgan fingerprint density at radius 3 is 2.22 bits per heavy atom. The van der Waals surface area contributed by atoms with Gasteiger partial charge in [0.2, 0.25) is 0 Å². The van der Waals surface area contributed by atoms with Crippen molar-refractivity contribution in [1.82, 2.24) is 0 Å². The summed E-state index contributed by atoms with van der Waals surface area (Å²) in [6.45, 7) is 13.7. The standard InChI is InChI=1S/C15H31BO2/c1-8-15(9-10(2)3)12(11(4)5)13(17-7)14(16-6)18-15/h10-14,16H,8-9H2,1-7H3. The maximum Gasteiger partial charge on any atom is 0.158 e. The lowest BCUT2D eigenvalue weighted by molar-refractivity contribution is -0.0618. The van der Waals surface area contributed by atoms with Gasteiger partial charge in [0.25, 0.3) is 0 Å². The second-order valence-electron chi connectivity index (χ2n) is 6.55. The van der Waals surface area contributed by atoms with Crippen molar-refractivity contribution in [2.45, 2.75) is 72.0 Å². The first-order valence-electron chi connectivity index (χ1n) is 7.62. The van der Waals surface area contributed by atoms with Crippen LogP contribution in [0.1, 0.15) is 47.5 Å². The van der Waals surface area contributed by atoms with Crippen molar-refractivity contribution in [3.05, 3.63) is 0 Å². The van der Waals surface area contributed by atoms with Crippen LogP contribution < -0.4 is 0 Å². The lowest BCUT2D eigenvalue weighted by Gasteiger charge is -2.38. The van der Waals surface area contributed by atoms with Gasteiger partial charge in [0.15, 0.2) is 7.28 Å². The van der Waals surface area contributed by atoms with Crippen molar-refractivity contribution in [2.24, 2.45) is 17.8 Å². The van der Waals surface area contributed by atoms with E-state index < -0.39 is 0 Å². The van der Waals surface area contributed by atoms with Gasteiger partial charge >= 0.3 is 0 Å². The van der Waals surface area contributed by atoms with E-state index in [1.54, 1.807) is 0 Å². The van der Waals surface area contributed by atoms with Crippen LogP contribution in [0.5, 0.6) is 0 Å². The van der Waals surface area contributed by atoms with Gasteiger partial charge in [-0.05, 0) is 24.7 Å². The Balaban J connectivity index is 3.06. The quantitative estimate of drug-likeness (QED) is 0.677. The lowest BCUT2D eigenvalue weighted by atomic mass is 9.66. The largest absolute Gasteiger partial charge is 0.379 e. The van der Waals surface area contributed by atoms with Gasteiger partial charge in [-0.25, -0.2) is 0 Å². The third-order valence-corrected chi connectivity index (χ3v) is 4.46. The normalized spacial score (nSPS) is 36.6.